The van der Waals surface area contributed by atoms with Gasteiger partial charge in [-0.05, 0) is 96.0 Å². The first-order valence-electron chi connectivity index (χ1n) is 11.7. The molecule has 0 aliphatic carbocycles. The largest absolute Gasteiger partial charge is 0.489 e. The molecule has 0 saturated carbocycles. The number of aliphatic hydroxyl groups excluding tert-OH is 2. The van der Waals surface area contributed by atoms with Crippen molar-refractivity contribution in [2.75, 3.05) is 0 Å². The van der Waals surface area contributed by atoms with Gasteiger partial charge in [0.05, 0.1) is 13.2 Å². The van der Waals surface area contributed by atoms with E-state index in [9.17, 15) is 5.11 Å². The van der Waals surface area contributed by atoms with Crippen LogP contribution < -0.4 is 4.74 Å². The van der Waals surface area contributed by atoms with Crippen LogP contribution >= 0.6 is 15.9 Å². The molecule has 0 saturated heterocycles. The van der Waals surface area contributed by atoms with Crippen LogP contribution in [0.15, 0.2) is 83.3 Å². The molecule has 0 aromatic heterocycles. The molecule has 3 nitrogen and oxygen atoms in total. The molecule has 0 unspecified atom stereocenters. The summed E-state index contributed by atoms with van der Waals surface area (Å²) in [5, 5.41) is 18.4. The van der Waals surface area contributed by atoms with E-state index in [-0.39, 0.29) is 13.2 Å². The molecule has 35 heavy (non-hydrogen) atoms. The van der Waals surface area contributed by atoms with Gasteiger partial charge in [0.1, 0.15) is 12.4 Å². The van der Waals surface area contributed by atoms with E-state index in [0.29, 0.717) is 6.61 Å². The van der Waals surface area contributed by atoms with Crippen molar-refractivity contribution in [2.24, 2.45) is 0 Å². The number of halogens is 1. The van der Waals surface area contributed by atoms with Gasteiger partial charge in [-0.1, -0.05) is 76.6 Å². The standard InChI is InChI=1S/C23H24O2.C8H9BrO/c1-16-12-21(25-15-19-8-5-4-6-9-19)13-17(2)23(16)22-11-7-10-20(14-24)18(22)3;1-6-7(5-10)3-2-4-8(6)9/h4-13,24H,14-15H2,1-3H3;2-4,10H,5H2,1H3. The Morgan fingerprint density at radius 2 is 1.26 bits per heavy atom. The van der Waals surface area contributed by atoms with Crippen molar-refractivity contribution in [1.82, 2.24) is 0 Å². The van der Waals surface area contributed by atoms with Crippen molar-refractivity contribution in [3.05, 3.63) is 122 Å². The van der Waals surface area contributed by atoms with Crippen LogP contribution in [-0.4, -0.2) is 10.2 Å². The van der Waals surface area contributed by atoms with Gasteiger partial charge in [0.25, 0.3) is 0 Å². The second-order valence-electron chi connectivity index (χ2n) is 8.64. The highest BCUT2D eigenvalue weighted by atomic mass is 79.9. The zero-order valence-corrected chi connectivity index (χ0v) is 22.4. The molecule has 0 radical (unpaired) electrons. The van der Waals surface area contributed by atoms with Crippen LogP contribution in [0.4, 0.5) is 0 Å². The Morgan fingerprint density at radius 1 is 0.686 bits per heavy atom. The molecule has 0 aliphatic rings. The quantitative estimate of drug-likeness (QED) is 0.268. The molecule has 4 heteroatoms. The van der Waals surface area contributed by atoms with E-state index in [4.69, 9.17) is 9.84 Å². The van der Waals surface area contributed by atoms with Crippen molar-refractivity contribution in [3.63, 3.8) is 0 Å². The summed E-state index contributed by atoms with van der Waals surface area (Å²) in [7, 11) is 0. The molecule has 4 aromatic carbocycles. The molecule has 0 amide bonds. The van der Waals surface area contributed by atoms with Crippen LogP contribution in [0.3, 0.4) is 0 Å². The molecule has 0 spiro atoms. The third kappa shape index (κ3) is 6.82. The van der Waals surface area contributed by atoms with Crippen molar-refractivity contribution in [2.45, 2.75) is 47.5 Å². The molecule has 182 valence electrons. The van der Waals surface area contributed by atoms with Gasteiger partial charge >= 0.3 is 0 Å². The molecule has 0 heterocycles. The lowest BCUT2D eigenvalue weighted by Crippen LogP contribution is -1.99. The van der Waals surface area contributed by atoms with Gasteiger partial charge in [0, 0.05) is 4.47 Å². The Bertz CT molecular complexity index is 1240. The summed E-state index contributed by atoms with van der Waals surface area (Å²) >= 11 is 3.38. The van der Waals surface area contributed by atoms with Gasteiger partial charge in [0.15, 0.2) is 0 Å². The Morgan fingerprint density at radius 3 is 1.83 bits per heavy atom. The Kier molecular flexibility index (Phi) is 9.67. The highest BCUT2D eigenvalue weighted by Gasteiger charge is 2.12. The van der Waals surface area contributed by atoms with E-state index in [1.165, 1.54) is 22.3 Å². The zero-order valence-electron chi connectivity index (χ0n) is 20.8. The summed E-state index contributed by atoms with van der Waals surface area (Å²) in [6.07, 6.45) is 0. The third-order valence-corrected chi connectivity index (χ3v) is 7.05. The molecule has 0 aliphatic heterocycles. The van der Waals surface area contributed by atoms with Crippen molar-refractivity contribution in [3.8, 4) is 16.9 Å². The SMILES string of the molecule is Cc1c(Br)cccc1CO.Cc1cc(OCc2ccccc2)cc(C)c1-c1cccc(CO)c1C. The first kappa shape index (κ1) is 26.7. The van der Waals surface area contributed by atoms with Crippen molar-refractivity contribution in [1.29, 1.82) is 0 Å². The second-order valence-corrected chi connectivity index (χ2v) is 9.49. The van der Waals surface area contributed by atoms with E-state index in [2.05, 4.69) is 67.0 Å². The summed E-state index contributed by atoms with van der Waals surface area (Å²) in [5.74, 6) is 0.888. The zero-order chi connectivity index (χ0) is 25.4. The number of hydrogen-bond acceptors (Lipinski definition) is 3. The molecule has 0 atom stereocenters. The summed E-state index contributed by atoms with van der Waals surface area (Å²) < 4.78 is 7.03. The molecular weight excluding hydrogens is 500 g/mol. The fraction of sp³-hybridized carbons (Fsp3) is 0.226. The molecule has 0 bridgehead atoms. The molecule has 2 N–H and O–H groups in total. The topological polar surface area (TPSA) is 49.7 Å². The van der Waals surface area contributed by atoms with Crippen LogP contribution in [0.25, 0.3) is 11.1 Å². The predicted molar refractivity (Wildman–Crippen MR) is 148 cm³/mol. The lowest BCUT2D eigenvalue weighted by atomic mass is 9.90. The van der Waals surface area contributed by atoms with E-state index in [1.54, 1.807) is 0 Å². The Balaban J connectivity index is 0.000000287. The minimum atomic E-state index is 0.0655. The number of hydrogen-bond donors (Lipinski definition) is 2. The lowest BCUT2D eigenvalue weighted by molar-refractivity contribution is 0.281. The number of benzene rings is 4. The van der Waals surface area contributed by atoms with E-state index >= 15 is 0 Å². The maximum atomic E-state index is 9.53. The summed E-state index contributed by atoms with van der Waals surface area (Å²) in [4.78, 5) is 0. The predicted octanol–water partition coefficient (Wildman–Crippen LogP) is 7.60. The fourth-order valence-electron chi connectivity index (χ4n) is 4.12. The number of aliphatic hydroxyl groups is 2. The maximum Gasteiger partial charge on any atom is 0.120 e. The molecule has 4 rings (SSSR count). The highest BCUT2D eigenvalue weighted by Crippen LogP contribution is 2.34. The summed E-state index contributed by atoms with van der Waals surface area (Å²) in [6, 6.07) is 26.3. The first-order valence-corrected chi connectivity index (χ1v) is 12.5. The van der Waals surface area contributed by atoms with Gasteiger partial charge in [-0.3, -0.25) is 0 Å². The van der Waals surface area contributed by atoms with Crippen LogP contribution in [0, 0.1) is 27.7 Å². The average molecular weight is 534 g/mol. The van der Waals surface area contributed by atoms with Gasteiger partial charge < -0.3 is 14.9 Å². The Hall–Kier alpha value is -2.92. The minimum Gasteiger partial charge on any atom is -0.489 e. The van der Waals surface area contributed by atoms with Gasteiger partial charge in [-0.25, -0.2) is 0 Å². The van der Waals surface area contributed by atoms with Crippen LogP contribution in [0.1, 0.15) is 38.9 Å². The monoisotopic (exact) mass is 532 g/mol. The summed E-state index contributed by atoms with van der Waals surface area (Å²) in [6.45, 7) is 9.03. The van der Waals surface area contributed by atoms with E-state index in [0.717, 1.165) is 38.0 Å². The molecule has 0 fully saturated rings. The molecule has 4 aromatic rings. The fourth-order valence-corrected chi connectivity index (χ4v) is 4.53. The van der Waals surface area contributed by atoms with Crippen molar-refractivity contribution < 1.29 is 14.9 Å². The number of rotatable bonds is 6. The van der Waals surface area contributed by atoms with E-state index < -0.39 is 0 Å². The number of ether oxygens (including phenoxy) is 1. The van der Waals surface area contributed by atoms with Crippen LogP contribution in [0.2, 0.25) is 0 Å². The van der Waals surface area contributed by atoms with E-state index in [1.807, 2.05) is 55.5 Å². The van der Waals surface area contributed by atoms with Gasteiger partial charge in [0.2, 0.25) is 0 Å². The smallest absolute Gasteiger partial charge is 0.120 e. The van der Waals surface area contributed by atoms with Crippen LogP contribution in [-0.2, 0) is 19.8 Å². The van der Waals surface area contributed by atoms with Crippen molar-refractivity contribution >= 4 is 15.9 Å². The summed E-state index contributed by atoms with van der Waals surface area (Å²) in [5.41, 5.74) is 10.1. The molecular formula is C31H33BrO3. The second kappa shape index (κ2) is 12.7. The lowest BCUT2D eigenvalue weighted by Gasteiger charge is -2.17. The minimum absolute atomic E-state index is 0.0655. The highest BCUT2D eigenvalue weighted by molar-refractivity contribution is 9.10. The van der Waals surface area contributed by atoms with Crippen LogP contribution in [0.5, 0.6) is 5.75 Å². The van der Waals surface area contributed by atoms with Gasteiger partial charge in [-0.2, -0.15) is 0 Å². The Labute approximate surface area is 217 Å². The number of aryl methyl sites for hydroxylation is 2. The normalized spacial score (nSPS) is 10.5. The average Bonchev–Trinajstić information content (AvgIpc) is 2.86. The third-order valence-electron chi connectivity index (χ3n) is 6.19. The first-order chi connectivity index (χ1) is 16.8. The van der Waals surface area contributed by atoms with Gasteiger partial charge in [-0.15, -0.1) is 0 Å². The maximum absolute atomic E-state index is 9.53.